The molecule has 0 saturated carbocycles. The molecule has 6 heteroatoms. The van der Waals surface area contributed by atoms with Crippen LogP contribution in [0.25, 0.3) is 0 Å². The van der Waals surface area contributed by atoms with Crippen molar-refractivity contribution in [1.82, 2.24) is 0 Å². The molecule has 1 aromatic heterocycles. The zero-order chi connectivity index (χ0) is 21.5. The van der Waals surface area contributed by atoms with E-state index in [-0.39, 0.29) is 11.8 Å². The number of ether oxygens (including phenoxy) is 1. The molecule has 0 fully saturated rings. The topological polar surface area (TPSA) is 67.4 Å². The number of thiophene rings is 1. The molecule has 2 N–H and O–H groups in total. The van der Waals surface area contributed by atoms with Gasteiger partial charge in [0.1, 0.15) is 12.4 Å². The van der Waals surface area contributed by atoms with Crippen LogP contribution in [0.4, 0.5) is 11.4 Å². The molecule has 0 aliphatic rings. The number of hydrogen-bond acceptors (Lipinski definition) is 4. The summed E-state index contributed by atoms with van der Waals surface area (Å²) in [6.45, 7) is 0.469. The quantitative estimate of drug-likeness (QED) is 0.389. The molecule has 1 heterocycles. The third-order valence-corrected chi connectivity index (χ3v) is 5.36. The molecular formula is C25H20N2O3S. The van der Waals surface area contributed by atoms with Gasteiger partial charge in [0.15, 0.2) is 0 Å². The molecule has 0 bridgehead atoms. The van der Waals surface area contributed by atoms with Gasteiger partial charge < -0.3 is 15.4 Å². The van der Waals surface area contributed by atoms with Gasteiger partial charge in [-0.15, -0.1) is 11.3 Å². The summed E-state index contributed by atoms with van der Waals surface area (Å²) >= 11 is 1.37. The highest BCUT2D eigenvalue weighted by Crippen LogP contribution is 2.19. The highest BCUT2D eigenvalue weighted by atomic mass is 32.1. The Hall–Kier alpha value is -3.90. The van der Waals surface area contributed by atoms with Crippen molar-refractivity contribution in [3.63, 3.8) is 0 Å². The van der Waals surface area contributed by atoms with E-state index in [1.807, 2.05) is 41.8 Å². The Kier molecular flexibility index (Phi) is 6.40. The summed E-state index contributed by atoms with van der Waals surface area (Å²) in [5.41, 5.74) is 2.80. The van der Waals surface area contributed by atoms with Crippen LogP contribution in [0.5, 0.6) is 5.75 Å². The Morgan fingerprint density at radius 1 is 0.742 bits per heavy atom. The zero-order valence-electron chi connectivity index (χ0n) is 16.6. The number of anilines is 2. The summed E-state index contributed by atoms with van der Waals surface area (Å²) in [6, 6.07) is 27.5. The number of carbonyl (C=O) groups is 2. The van der Waals surface area contributed by atoms with E-state index >= 15 is 0 Å². The van der Waals surface area contributed by atoms with E-state index in [0.29, 0.717) is 34.2 Å². The van der Waals surface area contributed by atoms with Gasteiger partial charge in [-0.2, -0.15) is 0 Å². The number of benzene rings is 3. The van der Waals surface area contributed by atoms with Crippen molar-refractivity contribution in [1.29, 1.82) is 0 Å². The fourth-order valence-electron chi connectivity index (χ4n) is 2.92. The fraction of sp³-hybridized carbons (Fsp3) is 0.0400. The number of amides is 2. The molecule has 3 aromatic carbocycles. The first-order chi connectivity index (χ1) is 15.2. The molecular weight excluding hydrogens is 408 g/mol. The van der Waals surface area contributed by atoms with Crippen molar-refractivity contribution in [2.24, 2.45) is 0 Å². The maximum Gasteiger partial charge on any atom is 0.265 e. The average molecular weight is 429 g/mol. The van der Waals surface area contributed by atoms with Crippen LogP contribution in [0.2, 0.25) is 0 Å². The SMILES string of the molecule is O=C(Nc1cccc(NC(=O)c2cccs2)c1)c1ccc(OCc2ccccc2)cc1. The molecule has 0 atom stereocenters. The highest BCUT2D eigenvalue weighted by molar-refractivity contribution is 7.12. The third-order valence-electron chi connectivity index (χ3n) is 4.49. The number of nitrogens with one attached hydrogen (secondary N) is 2. The summed E-state index contributed by atoms with van der Waals surface area (Å²) in [5, 5.41) is 7.54. The van der Waals surface area contributed by atoms with Crippen molar-refractivity contribution < 1.29 is 14.3 Å². The lowest BCUT2D eigenvalue weighted by Gasteiger charge is -2.10. The Balaban J connectivity index is 1.35. The van der Waals surface area contributed by atoms with Gasteiger partial charge in [0.05, 0.1) is 4.88 Å². The molecule has 31 heavy (non-hydrogen) atoms. The predicted octanol–water partition coefficient (Wildman–Crippen LogP) is 5.83. The smallest absolute Gasteiger partial charge is 0.265 e. The van der Waals surface area contributed by atoms with Gasteiger partial charge in [-0.3, -0.25) is 9.59 Å². The van der Waals surface area contributed by atoms with Crippen molar-refractivity contribution in [2.75, 3.05) is 10.6 Å². The van der Waals surface area contributed by atoms with Crippen molar-refractivity contribution in [2.45, 2.75) is 6.61 Å². The lowest BCUT2D eigenvalue weighted by molar-refractivity contribution is 0.102. The Labute approximate surface area is 184 Å². The van der Waals surface area contributed by atoms with E-state index in [0.717, 1.165) is 5.56 Å². The molecule has 0 aliphatic heterocycles. The summed E-state index contributed by atoms with van der Waals surface area (Å²) in [5.74, 6) is 0.277. The zero-order valence-corrected chi connectivity index (χ0v) is 17.4. The van der Waals surface area contributed by atoms with Gasteiger partial charge in [0.2, 0.25) is 0 Å². The normalized spacial score (nSPS) is 10.3. The van der Waals surface area contributed by atoms with Crippen LogP contribution < -0.4 is 15.4 Å². The standard InChI is InChI=1S/C25H20N2O3S/c28-24(19-11-13-22(14-12-19)30-17-18-6-2-1-3-7-18)26-20-8-4-9-21(16-20)27-25(29)23-10-5-15-31-23/h1-16H,17H2,(H,26,28)(H,27,29). The third kappa shape index (κ3) is 5.58. The van der Waals surface area contributed by atoms with Gasteiger partial charge >= 0.3 is 0 Å². The van der Waals surface area contributed by atoms with E-state index in [1.165, 1.54) is 11.3 Å². The van der Waals surface area contributed by atoms with Crippen LogP contribution in [0.15, 0.2) is 96.4 Å². The molecule has 4 rings (SSSR count). The van der Waals surface area contributed by atoms with Crippen LogP contribution in [0, 0.1) is 0 Å². The average Bonchev–Trinajstić information content (AvgIpc) is 3.34. The van der Waals surface area contributed by atoms with Crippen molar-refractivity contribution in [3.8, 4) is 5.75 Å². The van der Waals surface area contributed by atoms with Gasteiger partial charge in [0.25, 0.3) is 11.8 Å². The highest BCUT2D eigenvalue weighted by Gasteiger charge is 2.09. The first-order valence-electron chi connectivity index (χ1n) is 9.70. The van der Waals surface area contributed by atoms with Crippen molar-refractivity contribution in [3.05, 3.63) is 112 Å². The lowest BCUT2D eigenvalue weighted by Crippen LogP contribution is -2.13. The van der Waals surface area contributed by atoms with E-state index in [1.54, 1.807) is 54.6 Å². The molecule has 0 spiro atoms. The molecule has 0 radical (unpaired) electrons. The monoisotopic (exact) mass is 428 g/mol. The summed E-state index contributed by atoms with van der Waals surface area (Å²) in [4.78, 5) is 25.4. The number of rotatable bonds is 7. The maximum absolute atomic E-state index is 12.6. The summed E-state index contributed by atoms with van der Waals surface area (Å²) in [6.07, 6.45) is 0. The molecule has 154 valence electrons. The second kappa shape index (κ2) is 9.73. The van der Waals surface area contributed by atoms with Gasteiger partial charge in [-0.1, -0.05) is 42.5 Å². The molecule has 2 amide bonds. The largest absolute Gasteiger partial charge is 0.489 e. The molecule has 5 nitrogen and oxygen atoms in total. The minimum Gasteiger partial charge on any atom is -0.489 e. The Morgan fingerprint density at radius 2 is 1.45 bits per heavy atom. The Bertz CT molecular complexity index is 1160. The van der Waals surface area contributed by atoms with E-state index in [2.05, 4.69) is 10.6 Å². The fourth-order valence-corrected chi connectivity index (χ4v) is 3.54. The number of carbonyl (C=O) groups excluding carboxylic acids is 2. The van der Waals surface area contributed by atoms with Crippen LogP contribution in [-0.2, 0) is 6.61 Å². The van der Waals surface area contributed by atoms with E-state index in [9.17, 15) is 9.59 Å². The predicted molar refractivity (Wildman–Crippen MR) is 124 cm³/mol. The minimum absolute atomic E-state index is 0.176. The Morgan fingerprint density at radius 3 is 2.13 bits per heavy atom. The summed E-state index contributed by atoms with van der Waals surface area (Å²) < 4.78 is 5.76. The van der Waals surface area contributed by atoms with Crippen LogP contribution in [0.3, 0.4) is 0 Å². The second-order valence-electron chi connectivity index (χ2n) is 6.77. The lowest BCUT2D eigenvalue weighted by atomic mass is 10.2. The minimum atomic E-state index is -0.239. The van der Waals surface area contributed by atoms with Crippen LogP contribution in [-0.4, -0.2) is 11.8 Å². The molecule has 0 unspecified atom stereocenters. The summed E-state index contributed by atoms with van der Waals surface area (Å²) in [7, 11) is 0. The second-order valence-corrected chi connectivity index (χ2v) is 7.71. The van der Waals surface area contributed by atoms with Crippen molar-refractivity contribution >= 4 is 34.5 Å². The van der Waals surface area contributed by atoms with E-state index in [4.69, 9.17) is 4.74 Å². The van der Waals surface area contributed by atoms with Crippen LogP contribution in [0.1, 0.15) is 25.6 Å². The first kappa shape index (κ1) is 20.4. The molecule has 4 aromatic rings. The molecule has 0 aliphatic carbocycles. The van der Waals surface area contributed by atoms with Gasteiger partial charge in [-0.05, 0) is 59.5 Å². The molecule has 0 saturated heterocycles. The van der Waals surface area contributed by atoms with Gasteiger partial charge in [-0.25, -0.2) is 0 Å². The van der Waals surface area contributed by atoms with Gasteiger partial charge in [0, 0.05) is 16.9 Å². The van der Waals surface area contributed by atoms with Crippen LogP contribution >= 0.6 is 11.3 Å². The maximum atomic E-state index is 12.6. The first-order valence-corrected chi connectivity index (χ1v) is 10.6. The van der Waals surface area contributed by atoms with E-state index < -0.39 is 0 Å². The number of hydrogen-bond donors (Lipinski definition) is 2.